The Bertz CT molecular complexity index is 446. The number of aromatic nitrogens is 2. The molecule has 1 amide bonds. The molecule has 1 aliphatic heterocycles. The van der Waals surface area contributed by atoms with E-state index < -0.39 is 6.10 Å². The highest BCUT2D eigenvalue weighted by molar-refractivity contribution is 5.94. The van der Waals surface area contributed by atoms with Crippen LogP contribution in [0.3, 0.4) is 0 Å². The average Bonchev–Trinajstić information content (AvgIpc) is 2.84. The minimum atomic E-state index is -0.404. The van der Waals surface area contributed by atoms with Crippen molar-refractivity contribution >= 4 is 11.6 Å². The van der Waals surface area contributed by atoms with Crippen LogP contribution in [0.5, 0.6) is 0 Å². The van der Waals surface area contributed by atoms with Crippen LogP contribution in [-0.4, -0.2) is 79.0 Å². The van der Waals surface area contributed by atoms with Crippen LogP contribution in [0.4, 0.5) is 5.69 Å². The zero-order valence-corrected chi connectivity index (χ0v) is 12.4. The van der Waals surface area contributed by atoms with Gasteiger partial charge in [-0.25, -0.2) is 0 Å². The predicted molar refractivity (Wildman–Crippen MR) is 76.6 cm³/mol. The second-order valence-corrected chi connectivity index (χ2v) is 5.41. The molecule has 1 atom stereocenters. The van der Waals surface area contributed by atoms with Crippen molar-refractivity contribution in [2.24, 2.45) is 0 Å². The van der Waals surface area contributed by atoms with E-state index >= 15 is 0 Å². The number of nitrogens with one attached hydrogen (secondary N) is 1. The molecule has 20 heavy (non-hydrogen) atoms. The summed E-state index contributed by atoms with van der Waals surface area (Å²) in [5.41, 5.74) is 0.714. The Morgan fingerprint density at radius 2 is 2.40 bits per heavy atom. The summed E-state index contributed by atoms with van der Waals surface area (Å²) in [5.74, 6) is -0.108. The fourth-order valence-electron chi connectivity index (χ4n) is 2.01. The number of carbonyl (C=O) groups excluding carboxylic acids is 1. The zero-order chi connectivity index (χ0) is 14.5. The molecule has 112 valence electrons. The molecule has 7 heteroatoms. The highest BCUT2D eigenvalue weighted by Crippen LogP contribution is 2.09. The van der Waals surface area contributed by atoms with Crippen molar-refractivity contribution in [2.75, 3.05) is 52.7 Å². The van der Waals surface area contributed by atoms with E-state index in [4.69, 9.17) is 4.74 Å². The molecule has 1 aromatic heterocycles. The Labute approximate surface area is 119 Å². The molecule has 0 aromatic carbocycles. The molecule has 2 rings (SSSR count). The third kappa shape index (κ3) is 4.29. The van der Waals surface area contributed by atoms with Crippen LogP contribution in [0.1, 0.15) is 0 Å². The molecule has 1 saturated heterocycles. The third-order valence-corrected chi connectivity index (χ3v) is 3.24. The molecule has 0 bridgehead atoms. The standard InChI is InChI=1S/C13H23N5O2/c1-16(2)4-5-18-9-11(8-14-18)15-13(19)12-10-17(3)6-7-20-12/h8-9,12H,4-7,10H2,1-3H3,(H,15,19). The number of ether oxygens (including phenoxy) is 1. The Balaban J connectivity index is 1.84. The zero-order valence-electron chi connectivity index (χ0n) is 12.4. The lowest BCUT2D eigenvalue weighted by atomic mass is 10.2. The van der Waals surface area contributed by atoms with Crippen LogP contribution in [0.15, 0.2) is 12.4 Å². The summed E-state index contributed by atoms with van der Waals surface area (Å²) >= 11 is 0. The summed E-state index contributed by atoms with van der Waals surface area (Å²) in [5, 5.41) is 7.08. The molecule has 0 saturated carbocycles. The number of nitrogens with zero attached hydrogens (tertiary/aromatic N) is 4. The molecule has 1 unspecified atom stereocenters. The van der Waals surface area contributed by atoms with Gasteiger partial charge in [-0.2, -0.15) is 5.10 Å². The van der Waals surface area contributed by atoms with E-state index in [2.05, 4.69) is 20.2 Å². The van der Waals surface area contributed by atoms with Crippen LogP contribution in [0.25, 0.3) is 0 Å². The van der Waals surface area contributed by atoms with Crippen molar-refractivity contribution < 1.29 is 9.53 Å². The van der Waals surface area contributed by atoms with Gasteiger partial charge in [0.25, 0.3) is 5.91 Å². The lowest BCUT2D eigenvalue weighted by molar-refractivity contribution is -0.132. The second kappa shape index (κ2) is 6.83. The van der Waals surface area contributed by atoms with Crippen molar-refractivity contribution in [3.05, 3.63) is 12.4 Å². The Morgan fingerprint density at radius 1 is 1.60 bits per heavy atom. The van der Waals surface area contributed by atoms with E-state index in [0.717, 1.165) is 19.6 Å². The van der Waals surface area contributed by atoms with Crippen molar-refractivity contribution in [3.63, 3.8) is 0 Å². The van der Waals surface area contributed by atoms with Gasteiger partial charge in [0.15, 0.2) is 0 Å². The normalized spacial score (nSPS) is 20.3. The summed E-state index contributed by atoms with van der Waals surface area (Å²) in [6.07, 6.45) is 3.10. The van der Waals surface area contributed by atoms with Gasteiger partial charge in [-0.15, -0.1) is 0 Å². The van der Waals surface area contributed by atoms with Crippen molar-refractivity contribution in [1.82, 2.24) is 19.6 Å². The maximum absolute atomic E-state index is 12.1. The SMILES string of the molecule is CN(C)CCn1cc(NC(=O)C2CN(C)CCO2)cn1. The van der Waals surface area contributed by atoms with E-state index in [1.165, 1.54) is 0 Å². The van der Waals surface area contributed by atoms with Gasteiger partial charge in [0.2, 0.25) is 0 Å². The number of carbonyl (C=O) groups is 1. The topological polar surface area (TPSA) is 62.6 Å². The Kier molecular flexibility index (Phi) is 5.11. The van der Waals surface area contributed by atoms with Crippen molar-refractivity contribution in [3.8, 4) is 0 Å². The average molecular weight is 281 g/mol. The van der Waals surface area contributed by atoms with Gasteiger partial charge in [-0.1, -0.05) is 0 Å². The van der Waals surface area contributed by atoms with Crippen LogP contribution >= 0.6 is 0 Å². The maximum Gasteiger partial charge on any atom is 0.254 e. The van der Waals surface area contributed by atoms with Crippen LogP contribution in [0.2, 0.25) is 0 Å². The van der Waals surface area contributed by atoms with E-state index in [0.29, 0.717) is 18.8 Å². The number of amides is 1. The van der Waals surface area contributed by atoms with Crippen molar-refractivity contribution in [1.29, 1.82) is 0 Å². The van der Waals surface area contributed by atoms with Gasteiger partial charge in [0, 0.05) is 25.8 Å². The summed E-state index contributed by atoms with van der Waals surface area (Å²) in [6.45, 7) is 3.79. The molecule has 1 fully saturated rings. The molecule has 0 spiro atoms. The molecular weight excluding hydrogens is 258 g/mol. The first-order valence-electron chi connectivity index (χ1n) is 6.83. The van der Waals surface area contributed by atoms with E-state index in [9.17, 15) is 4.79 Å². The number of hydrogen-bond donors (Lipinski definition) is 1. The minimum absolute atomic E-state index is 0.108. The smallest absolute Gasteiger partial charge is 0.254 e. The van der Waals surface area contributed by atoms with E-state index in [1.807, 2.05) is 32.0 Å². The minimum Gasteiger partial charge on any atom is -0.366 e. The van der Waals surface area contributed by atoms with E-state index in [1.54, 1.807) is 6.20 Å². The fraction of sp³-hybridized carbons (Fsp3) is 0.692. The van der Waals surface area contributed by atoms with Gasteiger partial charge in [-0.3, -0.25) is 9.48 Å². The first-order valence-corrected chi connectivity index (χ1v) is 6.83. The van der Waals surface area contributed by atoms with Crippen LogP contribution < -0.4 is 5.32 Å². The molecule has 7 nitrogen and oxygen atoms in total. The lowest BCUT2D eigenvalue weighted by Crippen LogP contribution is -2.46. The first-order chi connectivity index (χ1) is 9.54. The number of hydrogen-bond acceptors (Lipinski definition) is 5. The lowest BCUT2D eigenvalue weighted by Gasteiger charge is -2.28. The number of morpholine rings is 1. The summed E-state index contributed by atoms with van der Waals surface area (Å²) in [6, 6.07) is 0. The van der Waals surface area contributed by atoms with Gasteiger partial charge >= 0.3 is 0 Å². The van der Waals surface area contributed by atoms with Crippen molar-refractivity contribution in [2.45, 2.75) is 12.6 Å². The van der Waals surface area contributed by atoms with Gasteiger partial charge in [0.05, 0.1) is 25.0 Å². The maximum atomic E-state index is 12.1. The van der Waals surface area contributed by atoms with Gasteiger partial charge in [-0.05, 0) is 21.1 Å². The van der Waals surface area contributed by atoms with Gasteiger partial charge < -0.3 is 19.9 Å². The molecule has 1 aromatic rings. The predicted octanol–water partition coefficient (Wildman–Crippen LogP) is -0.286. The second-order valence-electron chi connectivity index (χ2n) is 5.41. The molecule has 1 N–H and O–H groups in total. The number of rotatable bonds is 5. The van der Waals surface area contributed by atoms with Gasteiger partial charge in [0.1, 0.15) is 6.10 Å². The summed E-state index contributed by atoms with van der Waals surface area (Å²) in [4.78, 5) is 16.3. The molecule has 1 aliphatic rings. The molecule has 0 radical (unpaired) electrons. The Hall–Kier alpha value is -1.44. The number of anilines is 1. The summed E-state index contributed by atoms with van der Waals surface area (Å²) in [7, 11) is 6.02. The highest BCUT2D eigenvalue weighted by Gasteiger charge is 2.24. The highest BCUT2D eigenvalue weighted by atomic mass is 16.5. The third-order valence-electron chi connectivity index (χ3n) is 3.24. The van der Waals surface area contributed by atoms with Crippen LogP contribution in [0, 0.1) is 0 Å². The largest absolute Gasteiger partial charge is 0.366 e. The molecular formula is C13H23N5O2. The quantitative estimate of drug-likeness (QED) is 0.804. The molecule has 0 aliphatic carbocycles. The van der Waals surface area contributed by atoms with Crippen LogP contribution in [-0.2, 0) is 16.1 Å². The van der Waals surface area contributed by atoms with E-state index in [-0.39, 0.29) is 5.91 Å². The Morgan fingerprint density at radius 3 is 3.10 bits per heavy atom. The fourth-order valence-corrected chi connectivity index (χ4v) is 2.01. The monoisotopic (exact) mass is 281 g/mol. The number of likely N-dealkylation sites (N-methyl/N-ethyl adjacent to an activating group) is 2. The molecule has 2 heterocycles. The first kappa shape index (κ1) is 15.0. The summed E-state index contributed by atoms with van der Waals surface area (Å²) < 4.78 is 7.30.